The summed E-state index contributed by atoms with van der Waals surface area (Å²) in [7, 11) is 0. The van der Waals surface area contributed by atoms with Gasteiger partial charge in [0.15, 0.2) is 6.10 Å². The van der Waals surface area contributed by atoms with Crippen molar-refractivity contribution in [3.8, 4) is 0 Å². The minimum Gasteiger partial charge on any atom is -0.456 e. The molecule has 2 aliphatic heterocycles. The monoisotopic (exact) mass is 159 g/mol. The van der Waals surface area contributed by atoms with Gasteiger partial charge in [0.05, 0.1) is 6.04 Å². The third-order valence-electron chi connectivity index (χ3n) is 2.13. The molecule has 11 heavy (non-hydrogen) atoms. The number of carbonyl (C=O) groups is 1. The molecule has 4 atom stereocenters. The van der Waals surface area contributed by atoms with Gasteiger partial charge in [-0.05, 0) is 0 Å². The molecule has 5 heteroatoms. The van der Waals surface area contributed by atoms with Crippen LogP contribution in [-0.2, 0) is 9.53 Å². The smallest absolute Gasteiger partial charge is 0.337 e. The van der Waals surface area contributed by atoms with Crippen LogP contribution in [0.15, 0.2) is 0 Å². The molecule has 0 spiro atoms. The molecule has 0 aliphatic carbocycles. The molecule has 0 radical (unpaired) electrons. The Labute approximate surface area is 63.0 Å². The lowest BCUT2D eigenvalue weighted by Crippen LogP contribution is -2.37. The second kappa shape index (κ2) is 2.17. The Morgan fingerprint density at radius 1 is 1.55 bits per heavy atom. The summed E-state index contributed by atoms with van der Waals surface area (Å²) in [4.78, 5) is 10.7. The van der Waals surface area contributed by atoms with Crippen molar-refractivity contribution in [2.45, 2.75) is 24.4 Å². The Balaban J connectivity index is 2.18. The molecular weight excluding hydrogens is 150 g/mol. The van der Waals surface area contributed by atoms with Gasteiger partial charge < -0.3 is 20.3 Å². The molecule has 2 fully saturated rings. The fourth-order valence-corrected chi connectivity index (χ4v) is 1.52. The number of carbonyl (C=O) groups excluding carboxylic acids is 1. The van der Waals surface area contributed by atoms with E-state index in [4.69, 9.17) is 9.84 Å². The predicted octanol–water partition coefficient (Wildman–Crippen LogP) is -2.39. The molecule has 0 saturated carbocycles. The predicted molar refractivity (Wildman–Crippen MR) is 33.7 cm³/mol. The lowest BCUT2D eigenvalue weighted by Gasteiger charge is -2.09. The van der Waals surface area contributed by atoms with E-state index in [9.17, 15) is 9.90 Å². The van der Waals surface area contributed by atoms with Crippen LogP contribution in [0.4, 0.5) is 0 Å². The number of ether oxygens (including phenoxy) is 1. The van der Waals surface area contributed by atoms with Crippen molar-refractivity contribution in [3.63, 3.8) is 0 Å². The van der Waals surface area contributed by atoms with Gasteiger partial charge in [-0.1, -0.05) is 0 Å². The summed E-state index contributed by atoms with van der Waals surface area (Å²) in [5.74, 6) is -0.647. The molecule has 0 bridgehead atoms. The molecule has 3 N–H and O–H groups in total. The minimum absolute atomic E-state index is 0.375. The van der Waals surface area contributed by atoms with Crippen LogP contribution in [0, 0.1) is 0 Å². The second-order valence-electron chi connectivity index (χ2n) is 2.85. The molecule has 2 rings (SSSR count). The highest BCUT2D eigenvalue weighted by molar-refractivity contribution is 5.78. The second-order valence-corrected chi connectivity index (χ2v) is 2.85. The Hall–Kier alpha value is -0.650. The van der Waals surface area contributed by atoms with Crippen molar-refractivity contribution in [2.75, 3.05) is 6.54 Å². The van der Waals surface area contributed by atoms with Crippen LogP contribution < -0.4 is 5.32 Å². The number of β-amino-alcohol motifs (C(OH)–C–C–N with tert-alkyl or cyclic N) is 1. The van der Waals surface area contributed by atoms with Crippen LogP contribution in [0.5, 0.6) is 0 Å². The maximum Gasteiger partial charge on any atom is 0.337 e. The number of nitrogens with one attached hydrogen (secondary N) is 1. The lowest BCUT2D eigenvalue weighted by atomic mass is 10.1. The average molecular weight is 159 g/mol. The molecule has 4 unspecified atom stereocenters. The minimum atomic E-state index is -1.11. The van der Waals surface area contributed by atoms with E-state index in [2.05, 4.69) is 5.32 Å². The average Bonchev–Trinajstić information content (AvgIpc) is 2.43. The van der Waals surface area contributed by atoms with E-state index in [1.165, 1.54) is 0 Å². The van der Waals surface area contributed by atoms with Crippen molar-refractivity contribution in [3.05, 3.63) is 0 Å². The Kier molecular flexibility index (Phi) is 1.38. The van der Waals surface area contributed by atoms with Gasteiger partial charge in [-0.25, -0.2) is 4.79 Å². The van der Waals surface area contributed by atoms with Crippen LogP contribution in [0.1, 0.15) is 0 Å². The van der Waals surface area contributed by atoms with Crippen LogP contribution in [0.2, 0.25) is 0 Å². The molecule has 5 nitrogen and oxygen atoms in total. The quantitative estimate of drug-likeness (QED) is 0.343. The molecule has 2 saturated heterocycles. The normalized spacial score (nSPS) is 49.1. The van der Waals surface area contributed by atoms with E-state index in [0.717, 1.165) is 0 Å². The number of aliphatic hydroxyl groups excluding tert-OH is 2. The zero-order valence-corrected chi connectivity index (χ0v) is 5.73. The summed E-state index contributed by atoms with van der Waals surface area (Å²) in [6, 6.07) is -0.419. The number of aliphatic hydroxyl groups is 2. The zero-order valence-electron chi connectivity index (χ0n) is 5.73. The van der Waals surface area contributed by atoms with Crippen LogP contribution in [0.25, 0.3) is 0 Å². The van der Waals surface area contributed by atoms with Crippen molar-refractivity contribution in [1.82, 2.24) is 5.32 Å². The molecule has 0 aromatic heterocycles. The zero-order chi connectivity index (χ0) is 8.01. The third kappa shape index (κ3) is 0.852. The van der Waals surface area contributed by atoms with E-state index >= 15 is 0 Å². The van der Waals surface area contributed by atoms with Gasteiger partial charge in [0, 0.05) is 6.54 Å². The third-order valence-corrected chi connectivity index (χ3v) is 2.13. The molecule has 2 heterocycles. The first-order valence-corrected chi connectivity index (χ1v) is 3.50. The first kappa shape index (κ1) is 7.02. The van der Waals surface area contributed by atoms with Gasteiger partial charge in [-0.2, -0.15) is 0 Å². The maximum atomic E-state index is 10.7. The highest BCUT2D eigenvalue weighted by Gasteiger charge is 2.50. The van der Waals surface area contributed by atoms with E-state index in [1.807, 2.05) is 0 Å². The molecule has 0 amide bonds. The topological polar surface area (TPSA) is 78.8 Å². The van der Waals surface area contributed by atoms with Crippen LogP contribution >= 0.6 is 0 Å². The number of fused-ring (bicyclic) bond motifs is 1. The van der Waals surface area contributed by atoms with Crippen LogP contribution in [-0.4, -0.2) is 47.1 Å². The van der Waals surface area contributed by atoms with Gasteiger partial charge in [0.25, 0.3) is 0 Å². The van der Waals surface area contributed by atoms with Crippen molar-refractivity contribution in [2.24, 2.45) is 0 Å². The van der Waals surface area contributed by atoms with Crippen LogP contribution in [0.3, 0.4) is 0 Å². The number of esters is 1. The fourth-order valence-electron chi connectivity index (χ4n) is 1.52. The summed E-state index contributed by atoms with van der Waals surface area (Å²) >= 11 is 0. The molecule has 0 aromatic carbocycles. The van der Waals surface area contributed by atoms with Gasteiger partial charge >= 0.3 is 5.97 Å². The molecule has 2 aliphatic rings. The largest absolute Gasteiger partial charge is 0.456 e. The number of hydrogen-bond acceptors (Lipinski definition) is 5. The van der Waals surface area contributed by atoms with E-state index in [0.29, 0.717) is 6.54 Å². The van der Waals surface area contributed by atoms with E-state index in [1.54, 1.807) is 0 Å². The Bertz CT molecular complexity index is 195. The highest BCUT2D eigenvalue weighted by atomic mass is 16.6. The fraction of sp³-hybridized carbons (Fsp3) is 0.833. The van der Waals surface area contributed by atoms with Crippen molar-refractivity contribution < 1.29 is 19.7 Å². The summed E-state index contributed by atoms with van der Waals surface area (Å²) in [6.07, 6.45) is -2.35. The standard InChI is InChI=1S/C6H9NO4/c8-2-1-7-3-4(9)6(10)11-5(2)3/h2-5,7-9H,1H2. The first-order chi connectivity index (χ1) is 5.20. The summed E-state index contributed by atoms with van der Waals surface area (Å²) in [5.41, 5.74) is 0. The maximum absolute atomic E-state index is 10.7. The van der Waals surface area contributed by atoms with Gasteiger partial charge in [0.2, 0.25) is 0 Å². The van der Waals surface area contributed by atoms with E-state index in [-0.39, 0.29) is 0 Å². The van der Waals surface area contributed by atoms with E-state index < -0.39 is 30.3 Å². The van der Waals surface area contributed by atoms with Crippen molar-refractivity contribution >= 4 is 5.97 Å². The SMILES string of the molecule is O=C1OC2C(O)CNC2C1O. The number of hydrogen-bond donors (Lipinski definition) is 3. The summed E-state index contributed by atoms with van der Waals surface area (Å²) in [6.45, 7) is 0.375. The Morgan fingerprint density at radius 2 is 2.27 bits per heavy atom. The van der Waals surface area contributed by atoms with Gasteiger partial charge in [0.1, 0.15) is 12.2 Å². The molecular formula is C6H9NO4. The first-order valence-electron chi connectivity index (χ1n) is 3.50. The van der Waals surface area contributed by atoms with Gasteiger partial charge in [-0.15, -0.1) is 0 Å². The molecule has 0 aromatic rings. The number of rotatable bonds is 0. The summed E-state index contributed by atoms with van der Waals surface area (Å²) in [5, 5.41) is 21.1. The summed E-state index contributed by atoms with van der Waals surface area (Å²) < 4.78 is 4.71. The van der Waals surface area contributed by atoms with Gasteiger partial charge in [-0.3, -0.25) is 0 Å². The Morgan fingerprint density at radius 3 is 2.91 bits per heavy atom. The van der Waals surface area contributed by atoms with Crippen molar-refractivity contribution in [1.29, 1.82) is 0 Å². The lowest BCUT2D eigenvalue weighted by molar-refractivity contribution is -0.150. The highest BCUT2D eigenvalue weighted by Crippen LogP contribution is 2.22. The molecule has 62 valence electrons.